The molecule has 1 amide bonds. The highest BCUT2D eigenvalue weighted by molar-refractivity contribution is 6.17. The molecule has 0 bridgehead atoms. The van der Waals surface area contributed by atoms with Crippen molar-refractivity contribution in [1.82, 2.24) is 5.32 Å². The lowest BCUT2D eigenvalue weighted by atomic mass is 10.0. The molecule has 114 valence electrons. The number of carbonyl (C=O) groups excluding carboxylic acids is 1. The Kier molecular flexibility index (Phi) is 4.67. The normalized spacial score (nSPS) is 15.3. The van der Waals surface area contributed by atoms with Crippen LogP contribution in [-0.4, -0.2) is 30.4 Å². The number of benzene rings is 1. The van der Waals surface area contributed by atoms with E-state index in [4.69, 9.17) is 16.3 Å². The van der Waals surface area contributed by atoms with E-state index >= 15 is 0 Å². The molecular weight excluding hydrogens is 296 g/mol. The van der Waals surface area contributed by atoms with Gasteiger partial charge >= 0.3 is 5.69 Å². The highest BCUT2D eigenvalue weighted by atomic mass is 35.5. The number of nitrogens with zero attached hydrogens (tertiary/aromatic N) is 1. The van der Waals surface area contributed by atoms with Gasteiger partial charge < -0.3 is 10.1 Å². The van der Waals surface area contributed by atoms with Crippen molar-refractivity contribution < 1.29 is 14.5 Å². The maximum absolute atomic E-state index is 12.1. The molecule has 1 aliphatic carbocycles. The van der Waals surface area contributed by atoms with Crippen LogP contribution < -0.4 is 10.1 Å². The van der Waals surface area contributed by atoms with Gasteiger partial charge in [0.1, 0.15) is 0 Å². The number of rotatable bonds is 7. The number of hydrogen-bond donors (Lipinski definition) is 1. The van der Waals surface area contributed by atoms with Crippen molar-refractivity contribution in [2.75, 3.05) is 19.5 Å². The van der Waals surface area contributed by atoms with Gasteiger partial charge in [0.15, 0.2) is 5.75 Å². The molecule has 0 spiro atoms. The molecule has 1 aromatic rings. The molecule has 1 fully saturated rings. The lowest BCUT2D eigenvalue weighted by molar-refractivity contribution is -0.385. The molecule has 0 radical (unpaired) electrons. The average Bonchev–Trinajstić information content (AvgIpc) is 3.24. The number of nitro benzene ring substituents is 1. The van der Waals surface area contributed by atoms with Crippen molar-refractivity contribution in [3.05, 3.63) is 33.9 Å². The minimum absolute atomic E-state index is 0.121. The molecule has 1 N–H and O–H groups in total. The predicted molar refractivity (Wildman–Crippen MR) is 79.0 cm³/mol. The zero-order valence-electron chi connectivity index (χ0n) is 11.7. The fraction of sp³-hybridized carbons (Fsp3) is 0.500. The summed E-state index contributed by atoms with van der Waals surface area (Å²) in [6.45, 7) is 0.554. The van der Waals surface area contributed by atoms with Crippen molar-refractivity contribution in [2.24, 2.45) is 5.41 Å². The molecule has 7 heteroatoms. The summed E-state index contributed by atoms with van der Waals surface area (Å²) in [5.41, 5.74) is 0.159. The average molecular weight is 313 g/mol. The van der Waals surface area contributed by atoms with E-state index in [-0.39, 0.29) is 28.3 Å². The van der Waals surface area contributed by atoms with Crippen LogP contribution in [0.1, 0.15) is 29.6 Å². The zero-order valence-corrected chi connectivity index (χ0v) is 12.5. The topological polar surface area (TPSA) is 81.5 Å². The SMILES string of the molecule is COc1ccc(C(=O)NCC2(CCCl)CC2)cc1[N+](=O)[O-]. The molecule has 0 heterocycles. The molecule has 1 aliphatic rings. The van der Waals surface area contributed by atoms with E-state index in [1.807, 2.05) is 0 Å². The molecule has 6 nitrogen and oxygen atoms in total. The third-order valence-corrected chi connectivity index (χ3v) is 4.03. The van der Waals surface area contributed by atoms with E-state index in [1.165, 1.54) is 25.3 Å². The number of ether oxygens (including phenoxy) is 1. The summed E-state index contributed by atoms with van der Waals surface area (Å²) in [5, 5.41) is 13.8. The first-order valence-corrected chi connectivity index (χ1v) is 7.21. The standard InChI is InChI=1S/C14H17ClN2O4/c1-21-12-3-2-10(8-11(12)17(19)20)13(18)16-9-14(4-5-14)6-7-15/h2-3,8H,4-7,9H2,1H3,(H,16,18). The van der Waals surface area contributed by atoms with Gasteiger partial charge in [-0.15, -0.1) is 11.6 Å². The molecular formula is C14H17ClN2O4. The lowest BCUT2D eigenvalue weighted by Crippen LogP contribution is -2.30. The zero-order chi connectivity index (χ0) is 15.5. The number of nitrogens with one attached hydrogen (secondary N) is 1. The van der Waals surface area contributed by atoms with Gasteiger partial charge in [0.05, 0.1) is 12.0 Å². The Bertz CT molecular complexity index is 558. The van der Waals surface area contributed by atoms with Crippen LogP contribution in [0.2, 0.25) is 0 Å². The van der Waals surface area contributed by atoms with Crippen molar-refractivity contribution in [2.45, 2.75) is 19.3 Å². The Morgan fingerprint density at radius 1 is 1.52 bits per heavy atom. The first kappa shape index (κ1) is 15.6. The van der Waals surface area contributed by atoms with Crippen LogP contribution in [0.3, 0.4) is 0 Å². The largest absolute Gasteiger partial charge is 0.490 e. The maximum Gasteiger partial charge on any atom is 0.311 e. The Balaban J connectivity index is 2.06. The number of carbonyl (C=O) groups is 1. The Morgan fingerprint density at radius 3 is 2.76 bits per heavy atom. The number of alkyl halides is 1. The highest BCUT2D eigenvalue weighted by Crippen LogP contribution is 2.48. The summed E-state index contributed by atoms with van der Waals surface area (Å²) >= 11 is 5.75. The number of amides is 1. The molecule has 0 aromatic heterocycles. The van der Waals surface area contributed by atoms with Crippen molar-refractivity contribution in [3.63, 3.8) is 0 Å². The van der Waals surface area contributed by atoms with Crippen LogP contribution in [-0.2, 0) is 0 Å². The third kappa shape index (κ3) is 3.64. The van der Waals surface area contributed by atoms with E-state index in [2.05, 4.69) is 5.32 Å². The fourth-order valence-electron chi connectivity index (χ4n) is 2.24. The minimum Gasteiger partial charge on any atom is -0.490 e. The van der Waals surface area contributed by atoms with Gasteiger partial charge in [-0.2, -0.15) is 0 Å². The fourth-order valence-corrected chi connectivity index (χ4v) is 2.64. The minimum atomic E-state index is -0.564. The van der Waals surface area contributed by atoms with Crippen LogP contribution in [0, 0.1) is 15.5 Å². The molecule has 1 aromatic carbocycles. The number of hydrogen-bond acceptors (Lipinski definition) is 4. The summed E-state index contributed by atoms with van der Waals surface area (Å²) in [7, 11) is 1.35. The third-order valence-electron chi connectivity index (χ3n) is 3.84. The second-order valence-electron chi connectivity index (χ2n) is 5.27. The molecule has 0 aliphatic heterocycles. The van der Waals surface area contributed by atoms with Gasteiger partial charge in [-0.3, -0.25) is 14.9 Å². The first-order chi connectivity index (χ1) is 10.0. The monoisotopic (exact) mass is 312 g/mol. The summed E-state index contributed by atoms with van der Waals surface area (Å²) in [6, 6.07) is 4.18. The first-order valence-electron chi connectivity index (χ1n) is 6.68. The van der Waals surface area contributed by atoms with E-state index in [9.17, 15) is 14.9 Å². The number of nitro groups is 1. The van der Waals surface area contributed by atoms with E-state index in [1.54, 1.807) is 0 Å². The summed E-state index contributed by atoms with van der Waals surface area (Å²) in [6.07, 6.45) is 2.99. The van der Waals surface area contributed by atoms with Crippen molar-refractivity contribution in [3.8, 4) is 5.75 Å². The van der Waals surface area contributed by atoms with Gasteiger partial charge in [-0.05, 0) is 36.8 Å². The Labute approximate surface area is 127 Å². The maximum atomic E-state index is 12.1. The quantitative estimate of drug-likeness (QED) is 0.477. The number of methoxy groups -OCH3 is 1. The summed E-state index contributed by atoms with van der Waals surface area (Å²) in [4.78, 5) is 22.5. The van der Waals surface area contributed by atoms with E-state index < -0.39 is 4.92 Å². The molecule has 2 rings (SSSR count). The Morgan fingerprint density at radius 2 is 2.24 bits per heavy atom. The summed E-state index contributed by atoms with van der Waals surface area (Å²) in [5.74, 6) is 0.392. The Hall–Kier alpha value is -1.82. The van der Waals surface area contributed by atoms with Gasteiger partial charge in [-0.1, -0.05) is 0 Å². The smallest absolute Gasteiger partial charge is 0.311 e. The van der Waals surface area contributed by atoms with Crippen LogP contribution >= 0.6 is 11.6 Å². The molecule has 0 unspecified atom stereocenters. The van der Waals surface area contributed by atoms with Crippen LogP contribution in [0.15, 0.2) is 18.2 Å². The molecule has 1 saturated carbocycles. The number of halogens is 1. The van der Waals surface area contributed by atoms with Gasteiger partial charge in [0, 0.05) is 24.1 Å². The molecule has 21 heavy (non-hydrogen) atoms. The van der Waals surface area contributed by atoms with Gasteiger partial charge in [-0.25, -0.2) is 0 Å². The van der Waals surface area contributed by atoms with E-state index in [0.717, 1.165) is 19.3 Å². The second-order valence-corrected chi connectivity index (χ2v) is 5.64. The van der Waals surface area contributed by atoms with E-state index in [0.29, 0.717) is 12.4 Å². The second kappa shape index (κ2) is 6.30. The predicted octanol–water partition coefficient (Wildman–Crippen LogP) is 2.74. The van der Waals surface area contributed by atoms with Crippen LogP contribution in [0.5, 0.6) is 5.75 Å². The molecule has 0 atom stereocenters. The van der Waals surface area contributed by atoms with Crippen molar-refractivity contribution in [1.29, 1.82) is 0 Å². The molecule has 0 saturated heterocycles. The highest BCUT2D eigenvalue weighted by Gasteiger charge is 2.41. The van der Waals surface area contributed by atoms with Crippen LogP contribution in [0.4, 0.5) is 5.69 Å². The summed E-state index contributed by atoms with van der Waals surface area (Å²) < 4.78 is 4.91. The van der Waals surface area contributed by atoms with Crippen LogP contribution in [0.25, 0.3) is 0 Å². The van der Waals surface area contributed by atoms with Gasteiger partial charge in [0.2, 0.25) is 0 Å². The lowest BCUT2D eigenvalue weighted by Gasteiger charge is -2.14. The van der Waals surface area contributed by atoms with Crippen molar-refractivity contribution >= 4 is 23.2 Å². The van der Waals surface area contributed by atoms with Gasteiger partial charge in [0.25, 0.3) is 5.91 Å².